The van der Waals surface area contributed by atoms with Crippen molar-refractivity contribution >= 4 is 11.7 Å². The van der Waals surface area contributed by atoms with Crippen molar-refractivity contribution < 1.29 is 14.6 Å². The SMILES string of the molecule is CCC(Nc1cccc(OCCN(C)C)c1)C(=O)O. The maximum absolute atomic E-state index is 11.0. The lowest BCUT2D eigenvalue weighted by atomic mass is 10.2. The molecule has 5 heteroatoms. The van der Waals surface area contributed by atoms with Gasteiger partial charge in [0.2, 0.25) is 0 Å². The number of nitrogens with zero attached hydrogens (tertiary/aromatic N) is 1. The number of ether oxygens (including phenoxy) is 1. The molecule has 0 aliphatic rings. The average molecular weight is 266 g/mol. The second-order valence-corrected chi connectivity index (χ2v) is 4.62. The molecular formula is C14H22N2O3. The monoisotopic (exact) mass is 266 g/mol. The Balaban J connectivity index is 2.58. The van der Waals surface area contributed by atoms with E-state index < -0.39 is 12.0 Å². The second-order valence-electron chi connectivity index (χ2n) is 4.62. The minimum atomic E-state index is -0.846. The zero-order valence-corrected chi connectivity index (χ0v) is 11.7. The molecule has 0 aliphatic heterocycles. The van der Waals surface area contributed by atoms with Gasteiger partial charge in [-0.15, -0.1) is 0 Å². The normalized spacial score (nSPS) is 12.2. The molecule has 1 aromatic rings. The lowest BCUT2D eigenvalue weighted by Gasteiger charge is -2.15. The molecule has 19 heavy (non-hydrogen) atoms. The molecule has 0 bridgehead atoms. The highest BCUT2D eigenvalue weighted by molar-refractivity contribution is 5.77. The smallest absolute Gasteiger partial charge is 0.326 e. The van der Waals surface area contributed by atoms with E-state index in [1.54, 1.807) is 0 Å². The number of carbonyl (C=O) groups is 1. The molecule has 1 rings (SSSR count). The minimum absolute atomic E-state index is 0.529. The van der Waals surface area contributed by atoms with Gasteiger partial charge in [0.1, 0.15) is 18.4 Å². The van der Waals surface area contributed by atoms with E-state index in [0.29, 0.717) is 13.0 Å². The molecule has 0 spiro atoms. The van der Waals surface area contributed by atoms with Crippen LogP contribution in [0, 0.1) is 0 Å². The van der Waals surface area contributed by atoms with Gasteiger partial charge < -0.3 is 20.1 Å². The van der Waals surface area contributed by atoms with Crippen molar-refractivity contribution in [1.82, 2.24) is 4.90 Å². The molecule has 0 fully saturated rings. The van der Waals surface area contributed by atoms with Crippen LogP contribution in [0.4, 0.5) is 5.69 Å². The summed E-state index contributed by atoms with van der Waals surface area (Å²) in [6.45, 7) is 3.28. The molecule has 0 saturated carbocycles. The highest BCUT2D eigenvalue weighted by atomic mass is 16.5. The lowest BCUT2D eigenvalue weighted by molar-refractivity contribution is -0.137. The van der Waals surface area contributed by atoms with Gasteiger partial charge in [0.05, 0.1) is 0 Å². The van der Waals surface area contributed by atoms with Gasteiger partial charge >= 0.3 is 5.97 Å². The summed E-state index contributed by atoms with van der Waals surface area (Å²) in [4.78, 5) is 13.0. The molecule has 0 saturated heterocycles. The Labute approximate surface area is 114 Å². The van der Waals surface area contributed by atoms with Crippen molar-refractivity contribution in [1.29, 1.82) is 0 Å². The number of carboxylic acids is 1. The van der Waals surface area contributed by atoms with Crippen molar-refractivity contribution in [3.05, 3.63) is 24.3 Å². The molecule has 0 heterocycles. The van der Waals surface area contributed by atoms with Crippen LogP contribution in [0.5, 0.6) is 5.75 Å². The number of rotatable bonds is 8. The van der Waals surface area contributed by atoms with Gasteiger partial charge in [-0.25, -0.2) is 4.79 Å². The Bertz CT molecular complexity index is 407. The Morgan fingerprint density at radius 3 is 2.79 bits per heavy atom. The third-order valence-corrected chi connectivity index (χ3v) is 2.69. The molecule has 5 nitrogen and oxygen atoms in total. The number of hydrogen-bond donors (Lipinski definition) is 2. The van der Waals surface area contributed by atoms with Crippen LogP contribution in [0.1, 0.15) is 13.3 Å². The van der Waals surface area contributed by atoms with Gasteiger partial charge in [-0.3, -0.25) is 0 Å². The van der Waals surface area contributed by atoms with E-state index in [-0.39, 0.29) is 0 Å². The predicted octanol–water partition coefficient (Wildman–Crippen LogP) is 1.90. The highest BCUT2D eigenvalue weighted by Gasteiger charge is 2.14. The quantitative estimate of drug-likeness (QED) is 0.752. The zero-order chi connectivity index (χ0) is 14.3. The number of carboxylic acid groups (broad SMARTS) is 1. The Morgan fingerprint density at radius 1 is 1.47 bits per heavy atom. The molecule has 1 unspecified atom stereocenters. The maximum Gasteiger partial charge on any atom is 0.326 e. The third-order valence-electron chi connectivity index (χ3n) is 2.69. The van der Waals surface area contributed by atoms with Gasteiger partial charge in [-0.1, -0.05) is 13.0 Å². The number of aliphatic carboxylic acids is 1. The molecule has 0 amide bonds. The van der Waals surface area contributed by atoms with Crippen LogP contribution in [-0.2, 0) is 4.79 Å². The largest absolute Gasteiger partial charge is 0.492 e. The first-order chi connectivity index (χ1) is 9.02. The summed E-state index contributed by atoms with van der Waals surface area (Å²) in [6.07, 6.45) is 0.529. The summed E-state index contributed by atoms with van der Waals surface area (Å²) >= 11 is 0. The predicted molar refractivity (Wildman–Crippen MR) is 75.8 cm³/mol. The molecule has 2 N–H and O–H groups in total. The molecule has 1 aromatic carbocycles. The highest BCUT2D eigenvalue weighted by Crippen LogP contribution is 2.18. The van der Waals surface area contributed by atoms with Gasteiger partial charge in [0, 0.05) is 18.3 Å². The van der Waals surface area contributed by atoms with Crippen molar-refractivity contribution in [2.75, 3.05) is 32.6 Å². The van der Waals surface area contributed by atoms with Gasteiger partial charge in [0.15, 0.2) is 0 Å². The van der Waals surface area contributed by atoms with Gasteiger partial charge in [-0.05, 0) is 32.6 Å². The number of hydrogen-bond acceptors (Lipinski definition) is 4. The summed E-state index contributed by atoms with van der Waals surface area (Å²) in [5.74, 6) is -0.103. The van der Waals surface area contributed by atoms with E-state index in [9.17, 15) is 4.79 Å². The molecule has 0 radical (unpaired) electrons. The lowest BCUT2D eigenvalue weighted by Crippen LogP contribution is -2.28. The van der Waals surface area contributed by atoms with E-state index in [2.05, 4.69) is 5.32 Å². The molecule has 106 valence electrons. The summed E-state index contributed by atoms with van der Waals surface area (Å²) in [5, 5.41) is 12.0. The summed E-state index contributed by atoms with van der Waals surface area (Å²) in [5.41, 5.74) is 0.761. The molecule has 0 aliphatic carbocycles. The third kappa shape index (κ3) is 5.61. The fourth-order valence-electron chi connectivity index (χ4n) is 1.56. The zero-order valence-electron chi connectivity index (χ0n) is 11.7. The number of anilines is 1. The first-order valence-corrected chi connectivity index (χ1v) is 6.40. The number of likely N-dealkylation sites (N-methyl/N-ethyl adjacent to an activating group) is 1. The van der Waals surface area contributed by atoms with E-state index >= 15 is 0 Å². The van der Waals surface area contributed by atoms with Gasteiger partial charge in [-0.2, -0.15) is 0 Å². The first-order valence-electron chi connectivity index (χ1n) is 6.40. The Hall–Kier alpha value is -1.75. The summed E-state index contributed by atoms with van der Waals surface area (Å²) in [6, 6.07) is 6.80. The summed E-state index contributed by atoms with van der Waals surface area (Å²) < 4.78 is 5.60. The van der Waals surface area contributed by atoms with Crippen molar-refractivity contribution in [3.63, 3.8) is 0 Å². The van der Waals surface area contributed by atoms with E-state index in [4.69, 9.17) is 9.84 Å². The second kappa shape index (κ2) is 7.63. The van der Waals surface area contributed by atoms with Crippen LogP contribution >= 0.6 is 0 Å². The van der Waals surface area contributed by atoms with E-state index in [0.717, 1.165) is 18.0 Å². The number of benzene rings is 1. The van der Waals surface area contributed by atoms with Crippen LogP contribution in [0.3, 0.4) is 0 Å². The van der Waals surface area contributed by atoms with Crippen LogP contribution in [0.15, 0.2) is 24.3 Å². The van der Waals surface area contributed by atoms with Crippen LogP contribution in [0.25, 0.3) is 0 Å². The van der Waals surface area contributed by atoms with Crippen LogP contribution in [0.2, 0.25) is 0 Å². The fourth-order valence-corrected chi connectivity index (χ4v) is 1.56. The van der Waals surface area contributed by atoms with Crippen molar-refractivity contribution in [2.45, 2.75) is 19.4 Å². The first kappa shape index (κ1) is 15.3. The minimum Gasteiger partial charge on any atom is -0.492 e. The van der Waals surface area contributed by atoms with Crippen molar-refractivity contribution in [2.24, 2.45) is 0 Å². The molecular weight excluding hydrogens is 244 g/mol. The van der Waals surface area contributed by atoms with E-state index in [1.165, 1.54) is 0 Å². The van der Waals surface area contributed by atoms with Crippen LogP contribution in [-0.4, -0.2) is 49.3 Å². The van der Waals surface area contributed by atoms with Crippen molar-refractivity contribution in [3.8, 4) is 5.75 Å². The standard InChI is InChI=1S/C14H22N2O3/c1-4-13(14(17)18)15-11-6-5-7-12(10-11)19-9-8-16(2)3/h5-7,10,13,15H,4,8-9H2,1-3H3,(H,17,18). The Morgan fingerprint density at radius 2 is 2.21 bits per heavy atom. The Kier molecular flexibility index (Phi) is 6.15. The molecule has 1 atom stereocenters. The maximum atomic E-state index is 11.0. The van der Waals surface area contributed by atoms with Crippen LogP contribution < -0.4 is 10.1 Å². The fraction of sp³-hybridized carbons (Fsp3) is 0.500. The number of nitrogens with one attached hydrogen (secondary N) is 1. The molecule has 0 aromatic heterocycles. The summed E-state index contributed by atoms with van der Waals surface area (Å²) in [7, 11) is 3.97. The topological polar surface area (TPSA) is 61.8 Å². The van der Waals surface area contributed by atoms with E-state index in [1.807, 2.05) is 50.2 Å². The average Bonchev–Trinajstić information content (AvgIpc) is 2.35. The van der Waals surface area contributed by atoms with Gasteiger partial charge in [0.25, 0.3) is 0 Å².